The summed E-state index contributed by atoms with van der Waals surface area (Å²) in [6, 6.07) is 0. The number of carbonyl (C=O) groups excluding carboxylic acids is 1. The number of carboxylic acid groups (broad SMARTS) is 1. The van der Waals surface area contributed by atoms with Crippen molar-refractivity contribution in [1.82, 2.24) is 0 Å². The molecule has 0 heterocycles. The number of fused-ring (bicyclic) bond motifs is 5. The molecule has 4 rings (SSSR count). The van der Waals surface area contributed by atoms with Crippen LogP contribution in [0.3, 0.4) is 0 Å². The van der Waals surface area contributed by atoms with Gasteiger partial charge in [-0.3, -0.25) is 9.59 Å². The predicted molar refractivity (Wildman–Crippen MR) is 108 cm³/mol. The van der Waals surface area contributed by atoms with Crippen molar-refractivity contribution in [3.63, 3.8) is 0 Å². The summed E-state index contributed by atoms with van der Waals surface area (Å²) in [5, 5.41) is 9.62. The van der Waals surface area contributed by atoms with Crippen molar-refractivity contribution in [2.24, 2.45) is 40.4 Å². The third kappa shape index (κ3) is 2.93. The molecule has 0 aromatic carbocycles. The molecule has 156 valence electrons. The summed E-state index contributed by atoms with van der Waals surface area (Å²) < 4.78 is 5.53. The Hall–Kier alpha value is -1.32. The lowest BCUT2D eigenvalue weighted by atomic mass is 9.47. The Labute approximate surface area is 169 Å². The van der Waals surface area contributed by atoms with Crippen LogP contribution < -0.4 is 0 Å². The third-order valence-corrected chi connectivity index (χ3v) is 9.46. The van der Waals surface area contributed by atoms with Crippen LogP contribution in [0, 0.1) is 40.4 Å². The molecule has 0 amide bonds. The second-order valence-corrected chi connectivity index (χ2v) is 10.6. The van der Waals surface area contributed by atoms with Crippen LogP contribution in [0.2, 0.25) is 0 Å². The number of hydrogen-bond acceptors (Lipinski definition) is 3. The second-order valence-electron chi connectivity index (χ2n) is 10.6. The van der Waals surface area contributed by atoms with E-state index in [0.717, 1.165) is 38.5 Å². The van der Waals surface area contributed by atoms with Crippen molar-refractivity contribution in [3.05, 3.63) is 11.6 Å². The largest absolute Gasteiger partial charge is 0.481 e. The molecular formula is C24H36O4. The molecular weight excluding hydrogens is 352 g/mol. The number of esters is 1. The Balaban J connectivity index is 1.57. The maximum absolute atomic E-state index is 11.7. The van der Waals surface area contributed by atoms with Crippen molar-refractivity contribution in [2.45, 2.75) is 85.2 Å². The van der Waals surface area contributed by atoms with Crippen molar-refractivity contribution in [2.75, 3.05) is 0 Å². The van der Waals surface area contributed by atoms with Crippen molar-refractivity contribution in [3.8, 4) is 0 Å². The molecule has 0 unspecified atom stereocenters. The molecule has 4 aliphatic rings. The van der Waals surface area contributed by atoms with Crippen LogP contribution in [-0.2, 0) is 14.3 Å². The lowest BCUT2D eigenvalue weighted by Crippen LogP contribution is -2.51. The summed E-state index contributed by atoms with van der Waals surface area (Å²) in [5.74, 6) is 1.31. The van der Waals surface area contributed by atoms with E-state index >= 15 is 0 Å². The van der Waals surface area contributed by atoms with Crippen LogP contribution >= 0.6 is 0 Å². The zero-order valence-corrected chi connectivity index (χ0v) is 17.9. The predicted octanol–water partition coefficient (Wildman–Crippen LogP) is 5.22. The summed E-state index contributed by atoms with van der Waals surface area (Å²) in [6.07, 6.45) is 11.3. The zero-order chi connectivity index (χ0) is 20.3. The molecule has 8 atom stereocenters. The monoisotopic (exact) mass is 388 g/mol. The quantitative estimate of drug-likeness (QED) is 0.532. The fraction of sp³-hybridized carbons (Fsp3) is 0.833. The van der Waals surface area contributed by atoms with Crippen LogP contribution in [0.5, 0.6) is 0 Å². The van der Waals surface area contributed by atoms with Gasteiger partial charge in [-0.25, -0.2) is 0 Å². The highest BCUT2D eigenvalue weighted by Gasteiger charge is 2.59. The Morgan fingerprint density at radius 1 is 1.14 bits per heavy atom. The van der Waals surface area contributed by atoms with E-state index in [1.54, 1.807) is 0 Å². The number of rotatable bonds is 3. The molecule has 4 nitrogen and oxygen atoms in total. The number of hydrogen-bond donors (Lipinski definition) is 1. The molecule has 1 N–H and O–H groups in total. The summed E-state index contributed by atoms with van der Waals surface area (Å²) in [6.45, 7) is 8.28. The van der Waals surface area contributed by atoms with Gasteiger partial charge >= 0.3 is 11.9 Å². The minimum Gasteiger partial charge on any atom is -0.481 e. The van der Waals surface area contributed by atoms with Gasteiger partial charge in [-0.2, -0.15) is 0 Å². The van der Waals surface area contributed by atoms with E-state index in [1.807, 2.05) is 6.92 Å². The second kappa shape index (κ2) is 6.88. The van der Waals surface area contributed by atoms with Gasteiger partial charge < -0.3 is 9.84 Å². The minimum absolute atomic E-state index is 0.0505. The molecule has 0 radical (unpaired) electrons. The number of carbonyl (C=O) groups is 2. The smallest absolute Gasteiger partial charge is 0.306 e. The lowest BCUT2D eigenvalue weighted by molar-refractivity contribution is -0.148. The van der Waals surface area contributed by atoms with Gasteiger partial charge in [-0.05, 0) is 79.4 Å². The van der Waals surface area contributed by atoms with Gasteiger partial charge in [0, 0.05) is 13.3 Å². The van der Waals surface area contributed by atoms with Gasteiger partial charge in [-0.1, -0.05) is 32.4 Å². The van der Waals surface area contributed by atoms with E-state index in [4.69, 9.17) is 4.74 Å². The molecule has 4 aliphatic carbocycles. The maximum Gasteiger partial charge on any atom is 0.306 e. The van der Waals surface area contributed by atoms with E-state index in [9.17, 15) is 14.7 Å². The average Bonchev–Trinajstić information content (AvgIpc) is 2.98. The Bertz CT molecular complexity index is 697. The molecule has 0 aromatic heterocycles. The first-order chi connectivity index (χ1) is 13.2. The summed E-state index contributed by atoms with van der Waals surface area (Å²) in [4.78, 5) is 23.1. The lowest BCUT2D eigenvalue weighted by Gasteiger charge is -2.58. The van der Waals surface area contributed by atoms with Crippen LogP contribution in [0.4, 0.5) is 0 Å². The molecule has 3 fully saturated rings. The Kier molecular flexibility index (Phi) is 4.91. The first-order valence-electron chi connectivity index (χ1n) is 11.3. The maximum atomic E-state index is 11.7. The number of ether oxygens (including phenoxy) is 1. The Morgan fingerprint density at radius 3 is 2.57 bits per heavy atom. The number of aliphatic carboxylic acids is 1. The van der Waals surface area contributed by atoms with Crippen molar-refractivity contribution < 1.29 is 19.4 Å². The van der Waals surface area contributed by atoms with Gasteiger partial charge in [0.25, 0.3) is 0 Å². The van der Waals surface area contributed by atoms with E-state index in [1.165, 1.54) is 25.3 Å². The number of carboxylic acids is 1. The fourth-order valence-corrected chi connectivity index (χ4v) is 8.00. The number of allylic oxidation sites excluding steroid dienone is 1. The molecule has 0 spiro atoms. The first kappa shape index (κ1) is 20.0. The van der Waals surface area contributed by atoms with E-state index < -0.39 is 5.97 Å². The molecule has 0 bridgehead atoms. The SMILES string of the molecule is CC(=O)O[C@@H]1CC[C@@]2(C)C(=CC[C@@H]3[C@H]4CC[C@H]([C@H](C)C(=O)O)[C@]4(C)CC[C@H]32)C1. The highest BCUT2D eigenvalue weighted by atomic mass is 16.5. The van der Waals surface area contributed by atoms with Crippen LogP contribution in [-0.4, -0.2) is 23.1 Å². The Morgan fingerprint density at radius 2 is 1.89 bits per heavy atom. The minimum atomic E-state index is -0.629. The van der Waals surface area contributed by atoms with Gasteiger partial charge in [0.2, 0.25) is 0 Å². The van der Waals surface area contributed by atoms with E-state index in [0.29, 0.717) is 23.7 Å². The molecule has 0 saturated heterocycles. The fourth-order valence-electron chi connectivity index (χ4n) is 8.00. The van der Waals surface area contributed by atoms with E-state index in [2.05, 4.69) is 19.9 Å². The van der Waals surface area contributed by atoms with Crippen molar-refractivity contribution >= 4 is 11.9 Å². The molecule has 0 aromatic rings. The van der Waals surface area contributed by atoms with Crippen LogP contribution in [0.25, 0.3) is 0 Å². The highest BCUT2D eigenvalue weighted by Crippen LogP contribution is 2.67. The molecule has 28 heavy (non-hydrogen) atoms. The van der Waals surface area contributed by atoms with Crippen LogP contribution in [0.15, 0.2) is 11.6 Å². The zero-order valence-electron chi connectivity index (χ0n) is 17.9. The molecule has 0 aliphatic heterocycles. The molecule has 4 heteroatoms. The van der Waals surface area contributed by atoms with Crippen LogP contribution in [0.1, 0.15) is 79.1 Å². The third-order valence-electron chi connectivity index (χ3n) is 9.46. The average molecular weight is 389 g/mol. The normalized spacial score (nSPS) is 45.9. The molecule has 3 saturated carbocycles. The highest BCUT2D eigenvalue weighted by molar-refractivity contribution is 5.70. The van der Waals surface area contributed by atoms with Gasteiger partial charge in [0.1, 0.15) is 6.10 Å². The van der Waals surface area contributed by atoms with Gasteiger partial charge in [0.15, 0.2) is 0 Å². The standard InChI is InChI=1S/C24H36O4/c1-14(22(26)27)19-7-8-20-18-6-5-16-13-17(28-15(2)25)9-11-23(16,3)21(18)10-12-24(19,20)4/h5,14,17-21H,6-13H2,1-4H3,(H,26,27)/t14-,17+,18+,19+,20+,21+,23-,24-/m0/s1. The first-order valence-corrected chi connectivity index (χ1v) is 11.3. The van der Waals surface area contributed by atoms with Gasteiger partial charge in [0.05, 0.1) is 5.92 Å². The summed E-state index contributed by atoms with van der Waals surface area (Å²) in [7, 11) is 0. The van der Waals surface area contributed by atoms with E-state index in [-0.39, 0.29) is 28.8 Å². The summed E-state index contributed by atoms with van der Waals surface area (Å²) in [5.41, 5.74) is 1.93. The topological polar surface area (TPSA) is 63.6 Å². The van der Waals surface area contributed by atoms with Crippen molar-refractivity contribution in [1.29, 1.82) is 0 Å². The summed E-state index contributed by atoms with van der Waals surface area (Å²) >= 11 is 0. The van der Waals surface area contributed by atoms with Gasteiger partial charge in [-0.15, -0.1) is 0 Å².